The summed E-state index contributed by atoms with van der Waals surface area (Å²) in [6.45, 7) is 0. The van der Waals surface area contributed by atoms with Crippen LogP contribution in [-0.2, 0) is 9.05 Å². The smallest absolute Gasteiger partial charge is 0.337 e. The fourth-order valence-corrected chi connectivity index (χ4v) is 2.82. The summed E-state index contributed by atoms with van der Waals surface area (Å²) in [7, 11) is 1.08. The van der Waals surface area contributed by atoms with Gasteiger partial charge < -0.3 is 5.11 Å². The number of carbonyl (C=O) groups is 1. The molecule has 88 valence electrons. The van der Waals surface area contributed by atoms with E-state index in [0.29, 0.717) is 5.39 Å². The van der Waals surface area contributed by atoms with E-state index in [9.17, 15) is 13.2 Å². The molecular formula is C10H6ClNO4S. The number of aromatic nitrogens is 1. The highest BCUT2D eigenvalue weighted by molar-refractivity contribution is 8.14. The normalized spacial score (nSPS) is 11.6. The first-order chi connectivity index (χ1) is 7.91. The average molecular weight is 272 g/mol. The molecule has 0 fully saturated rings. The maximum Gasteiger partial charge on any atom is 0.337 e. The summed E-state index contributed by atoms with van der Waals surface area (Å²) < 4.78 is 22.9. The molecule has 0 saturated carbocycles. The Hall–Kier alpha value is -1.66. The van der Waals surface area contributed by atoms with Crippen molar-refractivity contribution in [1.82, 2.24) is 4.98 Å². The van der Waals surface area contributed by atoms with Gasteiger partial charge in [-0.3, -0.25) is 4.98 Å². The lowest BCUT2D eigenvalue weighted by Gasteiger charge is -2.05. The van der Waals surface area contributed by atoms with E-state index in [1.54, 1.807) is 12.1 Å². The minimum atomic E-state index is -4.18. The van der Waals surface area contributed by atoms with E-state index in [-0.39, 0.29) is 11.1 Å². The Kier molecular flexibility index (Phi) is 2.76. The Morgan fingerprint density at radius 2 is 2.00 bits per heavy atom. The number of fused-ring (bicyclic) bond motifs is 1. The molecule has 1 N–H and O–H groups in total. The molecule has 7 heteroatoms. The molecule has 0 aliphatic rings. The first-order valence-corrected chi connectivity index (χ1v) is 6.78. The standard InChI is InChI=1S/C10H6ClNO4S/c11-17(15,16)9-7(10(13)14)4-3-6-2-1-5-12-8(6)9/h1-5H,(H,13,14). The molecule has 0 saturated heterocycles. The number of rotatable bonds is 2. The van der Waals surface area contributed by atoms with Crippen LogP contribution in [-0.4, -0.2) is 24.5 Å². The zero-order valence-electron chi connectivity index (χ0n) is 8.29. The minimum Gasteiger partial charge on any atom is -0.478 e. The molecule has 0 aliphatic heterocycles. The zero-order chi connectivity index (χ0) is 12.6. The molecule has 2 aromatic rings. The summed E-state index contributed by atoms with van der Waals surface area (Å²) in [4.78, 5) is 14.4. The van der Waals surface area contributed by atoms with Gasteiger partial charge in [0, 0.05) is 22.3 Å². The Balaban J connectivity index is 3.00. The lowest BCUT2D eigenvalue weighted by molar-refractivity contribution is 0.0693. The predicted molar refractivity (Wildman–Crippen MR) is 61.7 cm³/mol. The first kappa shape index (κ1) is 11.8. The van der Waals surface area contributed by atoms with Gasteiger partial charge in [-0.2, -0.15) is 0 Å². The van der Waals surface area contributed by atoms with E-state index in [2.05, 4.69) is 4.98 Å². The number of benzene rings is 1. The van der Waals surface area contributed by atoms with Crippen LogP contribution in [0, 0.1) is 0 Å². The number of carboxylic acids is 1. The summed E-state index contributed by atoms with van der Waals surface area (Å²) in [5.74, 6) is -1.36. The van der Waals surface area contributed by atoms with Crippen molar-refractivity contribution in [3.05, 3.63) is 36.0 Å². The molecule has 0 radical (unpaired) electrons. The lowest BCUT2D eigenvalue weighted by atomic mass is 10.1. The Labute approximate surface area is 101 Å². The number of halogens is 1. The molecule has 1 aromatic carbocycles. The van der Waals surface area contributed by atoms with Crippen molar-refractivity contribution >= 4 is 36.6 Å². The summed E-state index contributed by atoms with van der Waals surface area (Å²) in [5, 5.41) is 9.45. The van der Waals surface area contributed by atoms with Gasteiger partial charge in [0.1, 0.15) is 4.90 Å². The fourth-order valence-electron chi connectivity index (χ4n) is 1.53. The highest BCUT2D eigenvalue weighted by atomic mass is 35.7. The molecule has 0 aliphatic carbocycles. The molecule has 1 aromatic heterocycles. The Morgan fingerprint density at radius 3 is 2.59 bits per heavy atom. The molecular weight excluding hydrogens is 266 g/mol. The molecule has 0 spiro atoms. The van der Waals surface area contributed by atoms with E-state index < -0.39 is 19.9 Å². The van der Waals surface area contributed by atoms with E-state index in [0.717, 1.165) is 0 Å². The number of aromatic carboxylic acids is 1. The molecule has 0 bridgehead atoms. The minimum absolute atomic E-state index is 0.0578. The van der Waals surface area contributed by atoms with Crippen LogP contribution >= 0.6 is 10.7 Å². The van der Waals surface area contributed by atoms with Crippen molar-refractivity contribution in [3.63, 3.8) is 0 Å². The number of hydrogen-bond acceptors (Lipinski definition) is 4. The molecule has 0 atom stereocenters. The second-order valence-electron chi connectivity index (χ2n) is 3.26. The maximum absolute atomic E-state index is 11.4. The van der Waals surface area contributed by atoms with Crippen molar-refractivity contribution < 1.29 is 18.3 Å². The quantitative estimate of drug-likeness (QED) is 0.843. The van der Waals surface area contributed by atoms with Gasteiger partial charge in [0.2, 0.25) is 0 Å². The maximum atomic E-state index is 11.4. The van der Waals surface area contributed by atoms with Crippen LogP contribution in [0.15, 0.2) is 35.4 Å². The van der Waals surface area contributed by atoms with Gasteiger partial charge >= 0.3 is 5.97 Å². The van der Waals surface area contributed by atoms with Gasteiger partial charge in [-0.25, -0.2) is 13.2 Å². The van der Waals surface area contributed by atoms with E-state index >= 15 is 0 Å². The predicted octanol–water partition coefficient (Wildman–Crippen LogP) is 1.86. The Bertz CT molecular complexity index is 711. The fraction of sp³-hybridized carbons (Fsp3) is 0. The molecule has 5 nitrogen and oxygen atoms in total. The number of pyridine rings is 1. The summed E-state index contributed by atoms with van der Waals surface area (Å²) in [6, 6.07) is 5.92. The number of carboxylic acid groups (broad SMARTS) is 1. The molecule has 1 heterocycles. The van der Waals surface area contributed by atoms with Crippen molar-refractivity contribution in [2.45, 2.75) is 4.90 Å². The molecule has 0 unspecified atom stereocenters. The Morgan fingerprint density at radius 1 is 1.29 bits per heavy atom. The van der Waals surface area contributed by atoms with Crippen LogP contribution in [0.3, 0.4) is 0 Å². The topological polar surface area (TPSA) is 84.3 Å². The van der Waals surface area contributed by atoms with Gasteiger partial charge in [-0.1, -0.05) is 12.1 Å². The van der Waals surface area contributed by atoms with E-state index in [1.807, 2.05) is 0 Å². The SMILES string of the molecule is O=C(O)c1ccc2cccnc2c1S(=O)(=O)Cl. The third-order valence-corrected chi connectivity index (χ3v) is 3.57. The van der Waals surface area contributed by atoms with Crippen LogP contribution in [0.4, 0.5) is 0 Å². The van der Waals surface area contributed by atoms with Crippen molar-refractivity contribution in [2.24, 2.45) is 0 Å². The summed E-state index contributed by atoms with van der Waals surface area (Å²) >= 11 is 0. The van der Waals surface area contributed by atoms with Crippen LogP contribution < -0.4 is 0 Å². The van der Waals surface area contributed by atoms with E-state index in [4.69, 9.17) is 15.8 Å². The molecule has 2 rings (SSSR count). The van der Waals surface area contributed by atoms with Crippen molar-refractivity contribution in [1.29, 1.82) is 0 Å². The lowest BCUT2D eigenvalue weighted by Crippen LogP contribution is -2.06. The highest BCUT2D eigenvalue weighted by Crippen LogP contribution is 2.27. The monoisotopic (exact) mass is 271 g/mol. The van der Waals surface area contributed by atoms with E-state index in [1.165, 1.54) is 18.3 Å². The van der Waals surface area contributed by atoms with Gasteiger partial charge in [-0.05, 0) is 12.1 Å². The van der Waals surface area contributed by atoms with Crippen molar-refractivity contribution in [2.75, 3.05) is 0 Å². The molecule has 0 amide bonds. The third-order valence-electron chi connectivity index (χ3n) is 2.20. The van der Waals surface area contributed by atoms with Crippen molar-refractivity contribution in [3.8, 4) is 0 Å². The first-order valence-electron chi connectivity index (χ1n) is 4.47. The number of nitrogens with zero attached hydrogens (tertiary/aromatic N) is 1. The van der Waals surface area contributed by atoms with Crippen LogP contribution in [0.1, 0.15) is 10.4 Å². The summed E-state index contributed by atoms with van der Waals surface area (Å²) in [5.41, 5.74) is -0.325. The largest absolute Gasteiger partial charge is 0.478 e. The van der Waals surface area contributed by atoms with Gasteiger partial charge in [0.25, 0.3) is 9.05 Å². The van der Waals surface area contributed by atoms with Gasteiger partial charge in [0.15, 0.2) is 0 Å². The van der Waals surface area contributed by atoms with Gasteiger partial charge in [-0.15, -0.1) is 0 Å². The van der Waals surface area contributed by atoms with Crippen LogP contribution in [0.5, 0.6) is 0 Å². The van der Waals surface area contributed by atoms with Gasteiger partial charge in [0.05, 0.1) is 11.1 Å². The average Bonchev–Trinajstić information content (AvgIpc) is 2.26. The summed E-state index contributed by atoms with van der Waals surface area (Å²) in [6.07, 6.45) is 1.37. The second kappa shape index (κ2) is 3.97. The third kappa shape index (κ3) is 2.09. The molecule has 17 heavy (non-hydrogen) atoms. The van der Waals surface area contributed by atoms with Crippen LogP contribution in [0.2, 0.25) is 0 Å². The zero-order valence-corrected chi connectivity index (χ0v) is 9.86. The van der Waals surface area contributed by atoms with Crippen LogP contribution in [0.25, 0.3) is 10.9 Å². The highest BCUT2D eigenvalue weighted by Gasteiger charge is 2.24. The second-order valence-corrected chi connectivity index (χ2v) is 5.76. The number of hydrogen-bond donors (Lipinski definition) is 1.